The number of hydrogen-bond donors (Lipinski definition) is 1. The van der Waals surface area contributed by atoms with Gasteiger partial charge in [-0.1, -0.05) is 6.07 Å². The second-order valence-corrected chi connectivity index (χ2v) is 5.16. The first-order chi connectivity index (χ1) is 10.6. The molecule has 7 nitrogen and oxygen atoms in total. The van der Waals surface area contributed by atoms with Gasteiger partial charge in [-0.25, -0.2) is 5.01 Å². The maximum absolute atomic E-state index is 12.0. The van der Waals surface area contributed by atoms with E-state index in [-0.39, 0.29) is 18.6 Å². The van der Waals surface area contributed by atoms with Crippen LogP contribution >= 0.6 is 0 Å². The lowest BCUT2D eigenvalue weighted by molar-refractivity contribution is -0.130. The van der Waals surface area contributed by atoms with Crippen LogP contribution in [0.4, 0.5) is 0 Å². The SMILES string of the molecule is CN1N=C(C(=O)NCCc2ccc3c(c2)OCO3)CCC1=O. The van der Waals surface area contributed by atoms with Gasteiger partial charge >= 0.3 is 0 Å². The van der Waals surface area contributed by atoms with Gasteiger partial charge in [0.25, 0.3) is 5.91 Å². The van der Waals surface area contributed by atoms with Crippen LogP contribution < -0.4 is 14.8 Å². The number of nitrogens with one attached hydrogen (secondary N) is 1. The number of hydrogen-bond acceptors (Lipinski definition) is 5. The smallest absolute Gasteiger partial charge is 0.267 e. The number of nitrogens with zero attached hydrogens (tertiary/aromatic N) is 2. The summed E-state index contributed by atoms with van der Waals surface area (Å²) in [4.78, 5) is 23.3. The largest absolute Gasteiger partial charge is 0.454 e. The third-order valence-electron chi connectivity index (χ3n) is 3.61. The number of ether oxygens (including phenoxy) is 2. The van der Waals surface area contributed by atoms with E-state index >= 15 is 0 Å². The highest BCUT2D eigenvalue weighted by Crippen LogP contribution is 2.32. The lowest BCUT2D eigenvalue weighted by Crippen LogP contribution is -2.38. The third kappa shape index (κ3) is 3.03. The standard InChI is InChI=1S/C15H17N3O4/c1-18-14(19)5-3-11(17-18)15(20)16-7-6-10-2-4-12-13(8-10)22-9-21-12/h2,4,8H,3,5-7,9H2,1H3,(H,16,20). The fourth-order valence-corrected chi connectivity index (χ4v) is 2.35. The molecule has 0 unspecified atom stereocenters. The molecule has 2 amide bonds. The normalized spacial score (nSPS) is 16.5. The van der Waals surface area contributed by atoms with E-state index < -0.39 is 0 Å². The molecule has 2 aliphatic rings. The van der Waals surface area contributed by atoms with Crippen LogP contribution in [-0.2, 0) is 16.0 Å². The highest BCUT2D eigenvalue weighted by molar-refractivity contribution is 6.39. The Bertz CT molecular complexity index is 642. The van der Waals surface area contributed by atoms with Crippen molar-refractivity contribution in [3.8, 4) is 11.5 Å². The summed E-state index contributed by atoms with van der Waals surface area (Å²) in [6.45, 7) is 0.747. The zero-order valence-electron chi connectivity index (χ0n) is 12.3. The van der Waals surface area contributed by atoms with Gasteiger partial charge in [0, 0.05) is 26.4 Å². The van der Waals surface area contributed by atoms with Crippen molar-refractivity contribution in [3.05, 3.63) is 23.8 Å². The van der Waals surface area contributed by atoms with E-state index in [0.717, 1.165) is 17.1 Å². The maximum Gasteiger partial charge on any atom is 0.267 e. The summed E-state index contributed by atoms with van der Waals surface area (Å²) >= 11 is 0. The molecule has 0 fully saturated rings. The summed E-state index contributed by atoms with van der Waals surface area (Å²) in [7, 11) is 1.56. The molecule has 0 atom stereocenters. The zero-order chi connectivity index (χ0) is 15.5. The van der Waals surface area contributed by atoms with Crippen molar-refractivity contribution in [2.45, 2.75) is 19.3 Å². The number of carbonyl (C=O) groups is 2. The summed E-state index contributed by atoms with van der Waals surface area (Å²) in [6.07, 6.45) is 1.40. The molecule has 0 saturated carbocycles. The fraction of sp³-hybridized carbons (Fsp3) is 0.400. The molecule has 116 valence electrons. The van der Waals surface area contributed by atoms with E-state index in [1.807, 2.05) is 18.2 Å². The molecule has 0 saturated heterocycles. The minimum absolute atomic E-state index is 0.0723. The molecule has 2 aliphatic heterocycles. The highest BCUT2D eigenvalue weighted by atomic mass is 16.7. The summed E-state index contributed by atoms with van der Waals surface area (Å²) in [5, 5.41) is 8.03. The van der Waals surface area contributed by atoms with Crippen molar-refractivity contribution in [1.82, 2.24) is 10.3 Å². The first-order valence-corrected chi connectivity index (χ1v) is 7.14. The van der Waals surface area contributed by atoms with Gasteiger partial charge in [0.05, 0.1) is 0 Å². The minimum Gasteiger partial charge on any atom is -0.454 e. The average Bonchev–Trinajstić information content (AvgIpc) is 2.97. The molecule has 0 aliphatic carbocycles. The Hall–Kier alpha value is -2.57. The Morgan fingerprint density at radius 2 is 2.14 bits per heavy atom. The first-order valence-electron chi connectivity index (χ1n) is 7.14. The molecule has 1 N–H and O–H groups in total. The maximum atomic E-state index is 12.0. The van der Waals surface area contributed by atoms with Crippen molar-refractivity contribution < 1.29 is 19.1 Å². The molecular weight excluding hydrogens is 286 g/mol. The van der Waals surface area contributed by atoms with Gasteiger partial charge in [-0.05, 0) is 24.1 Å². The zero-order valence-corrected chi connectivity index (χ0v) is 12.3. The van der Waals surface area contributed by atoms with Crippen LogP contribution in [0.15, 0.2) is 23.3 Å². The Balaban J connectivity index is 1.52. The van der Waals surface area contributed by atoms with E-state index in [1.54, 1.807) is 7.05 Å². The van der Waals surface area contributed by atoms with Gasteiger partial charge in [0.15, 0.2) is 11.5 Å². The van der Waals surface area contributed by atoms with Crippen LogP contribution in [0, 0.1) is 0 Å². The lowest BCUT2D eigenvalue weighted by atomic mass is 10.1. The van der Waals surface area contributed by atoms with Crippen molar-refractivity contribution in [3.63, 3.8) is 0 Å². The predicted octanol–water partition coefficient (Wildman–Crippen LogP) is 0.682. The number of amides is 2. The second-order valence-electron chi connectivity index (χ2n) is 5.16. The number of hydrazone groups is 1. The van der Waals surface area contributed by atoms with Crippen LogP contribution in [0.2, 0.25) is 0 Å². The Morgan fingerprint density at radius 3 is 2.95 bits per heavy atom. The van der Waals surface area contributed by atoms with E-state index in [2.05, 4.69) is 10.4 Å². The molecule has 0 aromatic heterocycles. The molecule has 22 heavy (non-hydrogen) atoms. The molecular formula is C15H17N3O4. The molecule has 1 aromatic carbocycles. The molecule has 0 spiro atoms. The van der Waals surface area contributed by atoms with Crippen LogP contribution in [-0.4, -0.2) is 42.9 Å². The van der Waals surface area contributed by atoms with E-state index in [0.29, 0.717) is 31.5 Å². The first kappa shape index (κ1) is 14.4. The van der Waals surface area contributed by atoms with Crippen molar-refractivity contribution in [2.24, 2.45) is 5.10 Å². The fourth-order valence-electron chi connectivity index (χ4n) is 2.35. The second kappa shape index (κ2) is 6.05. The van der Waals surface area contributed by atoms with Gasteiger partial charge in [0.1, 0.15) is 5.71 Å². The van der Waals surface area contributed by atoms with Crippen LogP contribution in [0.3, 0.4) is 0 Å². The van der Waals surface area contributed by atoms with E-state index in [9.17, 15) is 9.59 Å². The molecule has 1 aromatic rings. The molecule has 2 heterocycles. The number of benzene rings is 1. The van der Waals surface area contributed by atoms with Gasteiger partial charge in [0.2, 0.25) is 12.7 Å². The molecule has 0 radical (unpaired) electrons. The van der Waals surface area contributed by atoms with Crippen molar-refractivity contribution >= 4 is 17.5 Å². The number of carbonyl (C=O) groups excluding carboxylic acids is 2. The van der Waals surface area contributed by atoms with Gasteiger partial charge in [-0.3, -0.25) is 9.59 Å². The van der Waals surface area contributed by atoms with Crippen molar-refractivity contribution in [2.75, 3.05) is 20.4 Å². The molecule has 3 rings (SSSR count). The van der Waals surface area contributed by atoms with Gasteiger partial charge in [-0.15, -0.1) is 0 Å². The van der Waals surface area contributed by atoms with Crippen LogP contribution in [0.1, 0.15) is 18.4 Å². The lowest BCUT2D eigenvalue weighted by Gasteiger charge is -2.18. The topological polar surface area (TPSA) is 80.2 Å². The van der Waals surface area contributed by atoms with Gasteiger partial charge in [-0.2, -0.15) is 5.10 Å². The number of rotatable bonds is 4. The Morgan fingerprint density at radius 1 is 1.32 bits per heavy atom. The quantitative estimate of drug-likeness (QED) is 0.887. The van der Waals surface area contributed by atoms with Crippen LogP contribution in [0.25, 0.3) is 0 Å². The van der Waals surface area contributed by atoms with Crippen LogP contribution in [0.5, 0.6) is 11.5 Å². The Labute approximate surface area is 127 Å². The highest BCUT2D eigenvalue weighted by Gasteiger charge is 2.21. The van der Waals surface area contributed by atoms with Crippen molar-refractivity contribution in [1.29, 1.82) is 0 Å². The molecule has 7 heteroatoms. The summed E-state index contributed by atoms with van der Waals surface area (Å²) in [5.41, 5.74) is 1.45. The minimum atomic E-state index is -0.222. The number of fused-ring (bicyclic) bond motifs is 1. The van der Waals surface area contributed by atoms with E-state index in [1.165, 1.54) is 5.01 Å². The summed E-state index contributed by atoms with van der Waals surface area (Å²) < 4.78 is 10.6. The average molecular weight is 303 g/mol. The van der Waals surface area contributed by atoms with Gasteiger partial charge < -0.3 is 14.8 Å². The Kier molecular flexibility index (Phi) is 3.95. The molecule has 0 bridgehead atoms. The summed E-state index contributed by atoms with van der Waals surface area (Å²) in [6, 6.07) is 5.73. The monoisotopic (exact) mass is 303 g/mol. The van der Waals surface area contributed by atoms with E-state index in [4.69, 9.17) is 9.47 Å². The summed E-state index contributed by atoms with van der Waals surface area (Å²) in [5.74, 6) is 1.19. The third-order valence-corrected chi connectivity index (χ3v) is 3.61. The predicted molar refractivity (Wildman–Crippen MR) is 78.7 cm³/mol.